The highest BCUT2D eigenvalue weighted by Crippen LogP contribution is 2.41. The Morgan fingerprint density at radius 1 is 1.57 bits per heavy atom. The molecule has 11 heteroatoms. The summed E-state index contributed by atoms with van der Waals surface area (Å²) in [6.07, 6.45) is -1.96. The van der Waals surface area contributed by atoms with E-state index >= 15 is 0 Å². The molecule has 1 aliphatic rings. The standard InChI is InChI=1S/C12H17N3O8/c1-11(12(13,22-2)7(17)6(4-16)23-11)15-3-5(9(19)20)8(18)14-10(15)21/h3,6-7,16-17H,4,13H2,1-2H3,(H,19,20)(H,14,18,21)/t6-,7-,11-,12-/m1/s1. The summed E-state index contributed by atoms with van der Waals surface area (Å²) in [5.41, 5.74) is -0.711. The van der Waals surface area contributed by atoms with Crippen LogP contribution in [0.15, 0.2) is 15.8 Å². The maximum absolute atomic E-state index is 12.1. The minimum absolute atomic E-state index is 0.622. The van der Waals surface area contributed by atoms with E-state index in [0.717, 1.165) is 13.3 Å². The second kappa shape index (κ2) is 5.54. The Morgan fingerprint density at radius 3 is 2.65 bits per heavy atom. The minimum Gasteiger partial charge on any atom is -0.477 e. The second-order valence-electron chi connectivity index (χ2n) is 5.24. The van der Waals surface area contributed by atoms with Gasteiger partial charge in [0.15, 0.2) is 11.4 Å². The number of carboxylic acid groups (broad SMARTS) is 1. The molecular formula is C12H17N3O8. The zero-order chi connectivity index (χ0) is 17.6. The van der Waals surface area contributed by atoms with Gasteiger partial charge >= 0.3 is 11.7 Å². The zero-order valence-corrected chi connectivity index (χ0v) is 12.3. The van der Waals surface area contributed by atoms with Gasteiger partial charge in [-0.05, 0) is 6.92 Å². The summed E-state index contributed by atoms with van der Waals surface area (Å²) < 4.78 is 11.3. The molecule has 1 saturated heterocycles. The number of aliphatic hydroxyl groups excluding tert-OH is 2. The number of nitrogens with zero attached hydrogens (tertiary/aromatic N) is 1. The second-order valence-corrected chi connectivity index (χ2v) is 5.24. The SMILES string of the molecule is CO[C@]1(N)[C@H](O)[C@@H](CO)O[C@@]1(C)n1cc(C(=O)O)c(=O)[nH]c1=O. The van der Waals surface area contributed by atoms with Gasteiger partial charge in [-0.3, -0.25) is 20.1 Å². The van der Waals surface area contributed by atoms with Crippen LogP contribution in [0.25, 0.3) is 0 Å². The molecule has 0 aliphatic carbocycles. The first-order chi connectivity index (χ1) is 10.6. The third-order valence-electron chi connectivity index (χ3n) is 4.05. The number of aromatic amines is 1. The molecule has 2 rings (SSSR count). The van der Waals surface area contributed by atoms with Crippen LogP contribution >= 0.6 is 0 Å². The Morgan fingerprint density at radius 2 is 2.17 bits per heavy atom. The van der Waals surface area contributed by atoms with E-state index in [4.69, 9.17) is 20.3 Å². The summed E-state index contributed by atoms with van der Waals surface area (Å²) in [6.45, 7) is 0.643. The van der Waals surface area contributed by atoms with Gasteiger partial charge in [-0.1, -0.05) is 0 Å². The lowest BCUT2D eigenvalue weighted by Gasteiger charge is -2.39. The van der Waals surface area contributed by atoms with Crippen LogP contribution in [0.1, 0.15) is 17.3 Å². The van der Waals surface area contributed by atoms with Gasteiger partial charge in [0.05, 0.1) is 6.61 Å². The number of carbonyl (C=O) groups is 1. The number of aliphatic hydroxyl groups is 2. The first-order valence-electron chi connectivity index (χ1n) is 6.53. The fourth-order valence-electron chi connectivity index (χ4n) is 2.63. The zero-order valence-electron chi connectivity index (χ0n) is 12.3. The normalized spacial score (nSPS) is 33.8. The maximum atomic E-state index is 12.1. The number of methoxy groups -OCH3 is 1. The lowest BCUT2D eigenvalue weighted by molar-refractivity contribution is -0.198. The molecule has 1 fully saturated rings. The minimum atomic E-state index is -1.99. The number of hydrogen-bond acceptors (Lipinski definition) is 8. The quantitative estimate of drug-likeness (QED) is 0.359. The highest BCUT2D eigenvalue weighted by molar-refractivity contribution is 5.86. The van der Waals surface area contributed by atoms with Crippen LogP contribution in [0.5, 0.6) is 0 Å². The van der Waals surface area contributed by atoms with Gasteiger partial charge in [-0.15, -0.1) is 0 Å². The Kier molecular flexibility index (Phi) is 4.17. The van der Waals surface area contributed by atoms with Crippen LogP contribution < -0.4 is 17.0 Å². The highest BCUT2D eigenvalue weighted by Gasteiger charge is 2.63. The van der Waals surface area contributed by atoms with E-state index in [-0.39, 0.29) is 0 Å². The van der Waals surface area contributed by atoms with E-state index in [0.29, 0.717) is 4.57 Å². The molecule has 4 atom stereocenters. The number of H-pyrrole nitrogens is 1. The maximum Gasteiger partial charge on any atom is 0.342 e. The predicted octanol–water partition coefficient (Wildman–Crippen LogP) is -3.04. The molecule has 0 saturated carbocycles. The van der Waals surface area contributed by atoms with Crippen LogP contribution in [0, 0.1) is 0 Å². The molecule has 0 radical (unpaired) electrons. The van der Waals surface area contributed by atoms with E-state index < -0.39 is 53.0 Å². The summed E-state index contributed by atoms with van der Waals surface area (Å²) in [6, 6.07) is 0. The van der Waals surface area contributed by atoms with Crippen molar-refractivity contribution in [2.45, 2.75) is 30.6 Å². The fourth-order valence-corrected chi connectivity index (χ4v) is 2.63. The summed E-state index contributed by atoms with van der Waals surface area (Å²) in [5, 5.41) is 28.5. The number of aromatic carboxylic acids is 1. The predicted molar refractivity (Wildman–Crippen MR) is 73.8 cm³/mol. The van der Waals surface area contributed by atoms with Gasteiger partial charge in [-0.2, -0.15) is 0 Å². The molecule has 2 heterocycles. The number of ether oxygens (including phenoxy) is 2. The van der Waals surface area contributed by atoms with Crippen molar-refractivity contribution in [2.75, 3.05) is 13.7 Å². The van der Waals surface area contributed by atoms with Crippen LogP contribution in [0.3, 0.4) is 0 Å². The molecule has 1 aromatic heterocycles. The van der Waals surface area contributed by atoms with E-state index in [1.807, 2.05) is 4.98 Å². The number of carboxylic acids is 1. The smallest absolute Gasteiger partial charge is 0.342 e. The summed E-state index contributed by atoms with van der Waals surface area (Å²) in [7, 11) is 1.15. The van der Waals surface area contributed by atoms with E-state index in [9.17, 15) is 24.6 Å². The van der Waals surface area contributed by atoms with Crippen molar-refractivity contribution in [1.29, 1.82) is 0 Å². The molecule has 6 N–H and O–H groups in total. The number of nitrogens with one attached hydrogen (secondary N) is 1. The number of hydrogen-bond donors (Lipinski definition) is 5. The monoisotopic (exact) mass is 331 g/mol. The van der Waals surface area contributed by atoms with Gasteiger partial charge < -0.3 is 24.8 Å². The van der Waals surface area contributed by atoms with Gasteiger partial charge in [0.2, 0.25) is 0 Å². The molecule has 1 aliphatic heterocycles. The highest BCUT2D eigenvalue weighted by atomic mass is 16.6. The molecule has 23 heavy (non-hydrogen) atoms. The molecule has 0 unspecified atom stereocenters. The average Bonchev–Trinajstić information content (AvgIpc) is 2.69. The molecule has 128 valence electrons. The van der Waals surface area contributed by atoms with Crippen LogP contribution in [0.2, 0.25) is 0 Å². The third kappa shape index (κ3) is 2.29. The number of rotatable bonds is 4. The lowest BCUT2D eigenvalue weighted by atomic mass is 9.96. The fraction of sp³-hybridized carbons (Fsp3) is 0.583. The third-order valence-corrected chi connectivity index (χ3v) is 4.05. The Balaban J connectivity index is 2.73. The van der Waals surface area contributed by atoms with Crippen molar-refractivity contribution in [3.05, 3.63) is 32.6 Å². The van der Waals surface area contributed by atoms with Crippen LogP contribution in [0.4, 0.5) is 0 Å². The molecule has 0 spiro atoms. The largest absolute Gasteiger partial charge is 0.477 e. The van der Waals surface area contributed by atoms with Crippen molar-refractivity contribution in [3.63, 3.8) is 0 Å². The van der Waals surface area contributed by atoms with Crippen molar-refractivity contribution in [1.82, 2.24) is 9.55 Å². The average molecular weight is 331 g/mol. The van der Waals surface area contributed by atoms with Crippen molar-refractivity contribution in [3.8, 4) is 0 Å². The Labute approximate surface area is 128 Å². The van der Waals surface area contributed by atoms with Gasteiger partial charge in [0.1, 0.15) is 17.8 Å². The van der Waals surface area contributed by atoms with E-state index in [1.165, 1.54) is 6.92 Å². The van der Waals surface area contributed by atoms with Gasteiger partial charge in [0.25, 0.3) is 5.56 Å². The molecule has 0 aromatic carbocycles. The van der Waals surface area contributed by atoms with Crippen molar-refractivity contribution in [2.24, 2.45) is 5.73 Å². The van der Waals surface area contributed by atoms with E-state index in [1.54, 1.807) is 0 Å². The molecule has 0 bridgehead atoms. The number of aromatic nitrogens is 2. The summed E-state index contributed by atoms with van der Waals surface area (Å²) in [5.74, 6) is -1.57. The number of nitrogens with two attached hydrogens (primary N) is 1. The van der Waals surface area contributed by atoms with Crippen molar-refractivity contribution >= 4 is 5.97 Å². The Hall–Kier alpha value is -2.05. The Bertz CT molecular complexity index is 743. The molecular weight excluding hydrogens is 314 g/mol. The van der Waals surface area contributed by atoms with Crippen molar-refractivity contribution < 1.29 is 29.6 Å². The van der Waals surface area contributed by atoms with E-state index in [2.05, 4.69) is 0 Å². The van der Waals surface area contributed by atoms with Gasteiger partial charge in [0, 0.05) is 13.3 Å². The molecule has 11 nitrogen and oxygen atoms in total. The van der Waals surface area contributed by atoms with Gasteiger partial charge in [-0.25, -0.2) is 9.59 Å². The summed E-state index contributed by atoms with van der Waals surface area (Å²) >= 11 is 0. The first kappa shape index (κ1) is 17.3. The molecule has 1 aromatic rings. The molecule has 0 amide bonds. The van der Waals surface area contributed by atoms with Crippen LogP contribution in [-0.2, 0) is 15.2 Å². The summed E-state index contributed by atoms with van der Waals surface area (Å²) in [4.78, 5) is 36.5. The lowest BCUT2D eigenvalue weighted by Crippen LogP contribution is -2.66. The topological polar surface area (TPSA) is 177 Å². The first-order valence-corrected chi connectivity index (χ1v) is 6.53. The van der Waals surface area contributed by atoms with Crippen LogP contribution in [-0.4, -0.2) is 62.5 Å².